The molecular weight excluding hydrogens is 358 g/mol. The molecular formula is C21H23N3O4. The van der Waals surface area contributed by atoms with Crippen LogP contribution in [0.15, 0.2) is 36.4 Å². The summed E-state index contributed by atoms with van der Waals surface area (Å²) in [6, 6.07) is 10.7. The van der Waals surface area contributed by atoms with Gasteiger partial charge >= 0.3 is 5.69 Å². The van der Waals surface area contributed by atoms with Crippen LogP contribution < -0.4 is 9.64 Å². The first-order chi connectivity index (χ1) is 13.4. The lowest BCUT2D eigenvalue weighted by Crippen LogP contribution is -2.47. The van der Waals surface area contributed by atoms with E-state index in [0.717, 1.165) is 25.2 Å². The number of likely N-dealkylation sites (N-methyl/N-ethyl adjacent to an activating group) is 1. The number of carbonyl (C=O) groups excluding carboxylic acids is 1. The first-order valence-electron chi connectivity index (χ1n) is 9.35. The Morgan fingerprint density at radius 3 is 2.75 bits per heavy atom. The van der Waals surface area contributed by atoms with Crippen LogP contribution in [0.25, 0.3) is 0 Å². The minimum Gasteiger partial charge on any atom is -0.490 e. The molecule has 2 heterocycles. The molecule has 0 unspecified atom stereocenters. The third-order valence-electron chi connectivity index (χ3n) is 5.79. The number of hydrogen-bond acceptors (Lipinski definition) is 5. The van der Waals surface area contributed by atoms with E-state index >= 15 is 0 Å². The van der Waals surface area contributed by atoms with Crippen LogP contribution in [-0.4, -0.2) is 49.0 Å². The highest BCUT2D eigenvalue weighted by atomic mass is 16.6. The molecule has 7 nitrogen and oxygen atoms in total. The van der Waals surface area contributed by atoms with Gasteiger partial charge in [0.05, 0.1) is 12.0 Å². The average molecular weight is 381 g/mol. The lowest BCUT2D eigenvalue weighted by Gasteiger charge is -2.36. The topological polar surface area (TPSA) is 75.9 Å². The lowest BCUT2D eigenvalue weighted by atomic mass is 9.88. The van der Waals surface area contributed by atoms with E-state index in [4.69, 9.17) is 4.74 Å². The number of amides is 1. The van der Waals surface area contributed by atoms with Gasteiger partial charge < -0.3 is 14.5 Å². The van der Waals surface area contributed by atoms with Crippen molar-refractivity contribution in [2.75, 3.05) is 32.1 Å². The molecule has 1 fully saturated rings. The van der Waals surface area contributed by atoms with Gasteiger partial charge in [-0.05, 0) is 50.7 Å². The Labute approximate surface area is 163 Å². The van der Waals surface area contributed by atoms with Crippen molar-refractivity contribution in [2.45, 2.75) is 25.3 Å². The zero-order valence-corrected chi connectivity index (χ0v) is 16.2. The molecule has 0 aromatic heterocycles. The molecule has 28 heavy (non-hydrogen) atoms. The maximum absolute atomic E-state index is 13.5. The zero-order chi connectivity index (χ0) is 20.0. The number of nitro groups is 1. The van der Waals surface area contributed by atoms with Gasteiger partial charge in [-0.15, -0.1) is 0 Å². The second kappa shape index (κ2) is 6.91. The van der Waals surface area contributed by atoms with Gasteiger partial charge in [0.1, 0.15) is 0 Å². The van der Waals surface area contributed by atoms with Gasteiger partial charge in [-0.3, -0.25) is 14.9 Å². The van der Waals surface area contributed by atoms with Crippen molar-refractivity contribution in [1.29, 1.82) is 0 Å². The van der Waals surface area contributed by atoms with Crippen LogP contribution in [0.3, 0.4) is 0 Å². The van der Waals surface area contributed by atoms with Crippen molar-refractivity contribution in [2.24, 2.45) is 0 Å². The van der Waals surface area contributed by atoms with Crippen molar-refractivity contribution in [1.82, 2.24) is 4.90 Å². The first kappa shape index (κ1) is 18.4. The van der Waals surface area contributed by atoms with Gasteiger partial charge in [0.2, 0.25) is 0 Å². The van der Waals surface area contributed by atoms with Crippen LogP contribution in [0.2, 0.25) is 0 Å². The molecule has 0 N–H and O–H groups in total. The van der Waals surface area contributed by atoms with E-state index in [0.29, 0.717) is 5.56 Å². The average Bonchev–Trinajstić information content (AvgIpc) is 2.99. The van der Waals surface area contributed by atoms with E-state index in [2.05, 4.69) is 24.9 Å². The molecule has 2 atom stereocenters. The Hall–Kier alpha value is -2.93. The Bertz CT molecular complexity index is 959. The summed E-state index contributed by atoms with van der Waals surface area (Å²) in [7, 11) is 3.48. The second-order valence-corrected chi connectivity index (χ2v) is 7.61. The fourth-order valence-corrected chi connectivity index (χ4v) is 4.45. The molecule has 4 rings (SSSR count). The van der Waals surface area contributed by atoms with Gasteiger partial charge in [-0.25, -0.2) is 0 Å². The molecule has 0 aliphatic carbocycles. The summed E-state index contributed by atoms with van der Waals surface area (Å²) in [5, 5.41) is 11.4. The van der Waals surface area contributed by atoms with Crippen LogP contribution in [0.5, 0.6) is 5.75 Å². The van der Waals surface area contributed by atoms with Gasteiger partial charge in [-0.1, -0.05) is 17.7 Å². The highest BCUT2D eigenvalue weighted by Crippen LogP contribution is 2.45. The molecule has 1 amide bonds. The van der Waals surface area contributed by atoms with Crippen molar-refractivity contribution in [3.8, 4) is 5.75 Å². The van der Waals surface area contributed by atoms with Crippen LogP contribution in [0.4, 0.5) is 11.4 Å². The van der Waals surface area contributed by atoms with Crippen LogP contribution in [0, 0.1) is 17.0 Å². The van der Waals surface area contributed by atoms with E-state index in [1.54, 1.807) is 6.07 Å². The van der Waals surface area contributed by atoms with Gasteiger partial charge in [0.15, 0.2) is 5.75 Å². The van der Waals surface area contributed by atoms with Gasteiger partial charge in [-0.2, -0.15) is 0 Å². The number of likely N-dealkylation sites (tertiary alicyclic amines) is 1. The minimum absolute atomic E-state index is 0.0710. The monoisotopic (exact) mass is 381 g/mol. The molecule has 2 aromatic rings. The summed E-state index contributed by atoms with van der Waals surface area (Å²) < 4.78 is 5.06. The Kier molecular flexibility index (Phi) is 4.55. The molecule has 7 heteroatoms. The highest BCUT2D eigenvalue weighted by molar-refractivity contribution is 6.08. The number of anilines is 1. The summed E-state index contributed by atoms with van der Waals surface area (Å²) >= 11 is 0. The smallest absolute Gasteiger partial charge is 0.311 e. The van der Waals surface area contributed by atoms with E-state index in [-0.39, 0.29) is 29.3 Å². The third-order valence-corrected chi connectivity index (χ3v) is 5.79. The summed E-state index contributed by atoms with van der Waals surface area (Å²) in [6.45, 7) is 3.87. The molecule has 2 aliphatic heterocycles. The summed E-state index contributed by atoms with van der Waals surface area (Å²) in [5.41, 5.74) is 3.38. The maximum atomic E-state index is 13.5. The Morgan fingerprint density at radius 2 is 2.04 bits per heavy atom. The standard InChI is InChI=1S/C21H23N3O4/c1-13-4-6-17-15(10-13)16-12-22(2)9-8-18(16)23(17)21(25)14-5-7-20(28-3)19(11-14)24(26)27/h4-7,10-11,16,18H,8-9,12H2,1-3H3/t16-,18+/m1/s1. The number of fused-ring (bicyclic) bond motifs is 3. The lowest BCUT2D eigenvalue weighted by molar-refractivity contribution is -0.385. The molecule has 0 bridgehead atoms. The molecule has 0 saturated carbocycles. The van der Waals surface area contributed by atoms with Crippen molar-refractivity contribution in [3.63, 3.8) is 0 Å². The Balaban J connectivity index is 1.77. The quantitative estimate of drug-likeness (QED) is 0.602. The van der Waals surface area contributed by atoms with E-state index in [9.17, 15) is 14.9 Å². The van der Waals surface area contributed by atoms with Crippen molar-refractivity contribution < 1.29 is 14.5 Å². The number of rotatable bonds is 3. The van der Waals surface area contributed by atoms with Crippen molar-refractivity contribution in [3.05, 3.63) is 63.2 Å². The Morgan fingerprint density at radius 1 is 1.25 bits per heavy atom. The first-order valence-corrected chi connectivity index (χ1v) is 9.35. The maximum Gasteiger partial charge on any atom is 0.311 e. The number of ether oxygens (including phenoxy) is 1. The molecule has 0 radical (unpaired) electrons. The number of methoxy groups -OCH3 is 1. The van der Waals surface area contributed by atoms with Crippen LogP contribution in [-0.2, 0) is 0 Å². The normalized spacial score (nSPS) is 21.2. The molecule has 146 valence electrons. The number of nitro benzene ring substituents is 1. The fraction of sp³-hybridized carbons (Fsp3) is 0.381. The predicted octanol–water partition coefficient (Wildman–Crippen LogP) is 3.36. The van der Waals surface area contributed by atoms with E-state index in [1.165, 1.54) is 30.4 Å². The third kappa shape index (κ3) is 2.92. The number of aryl methyl sites for hydroxylation is 1. The fourth-order valence-electron chi connectivity index (χ4n) is 4.45. The molecule has 1 saturated heterocycles. The molecule has 2 aromatic carbocycles. The largest absolute Gasteiger partial charge is 0.490 e. The molecule has 2 aliphatic rings. The van der Waals surface area contributed by atoms with E-state index in [1.807, 2.05) is 17.0 Å². The number of carbonyl (C=O) groups is 1. The van der Waals surface area contributed by atoms with Gasteiger partial charge in [0, 0.05) is 35.8 Å². The van der Waals surface area contributed by atoms with Crippen LogP contribution >= 0.6 is 0 Å². The second-order valence-electron chi connectivity index (χ2n) is 7.61. The van der Waals surface area contributed by atoms with Crippen LogP contribution in [0.1, 0.15) is 33.8 Å². The molecule has 0 spiro atoms. The summed E-state index contributed by atoms with van der Waals surface area (Å²) in [5.74, 6) is 0.204. The minimum atomic E-state index is -0.519. The number of hydrogen-bond donors (Lipinski definition) is 0. The SMILES string of the molecule is COc1ccc(C(=O)N2c3ccc(C)cc3[C@H]3CN(C)CC[C@@H]32)cc1[N+](=O)[O-]. The predicted molar refractivity (Wildman–Crippen MR) is 106 cm³/mol. The highest BCUT2D eigenvalue weighted by Gasteiger charge is 2.44. The number of nitrogens with zero attached hydrogens (tertiary/aromatic N) is 3. The number of piperidine rings is 1. The number of benzene rings is 2. The zero-order valence-electron chi connectivity index (χ0n) is 16.2. The van der Waals surface area contributed by atoms with E-state index < -0.39 is 4.92 Å². The summed E-state index contributed by atoms with van der Waals surface area (Å²) in [4.78, 5) is 28.4. The van der Waals surface area contributed by atoms with Gasteiger partial charge in [0.25, 0.3) is 5.91 Å². The summed E-state index contributed by atoms with van der Waals surface area (Å²) in [6.07, 6.45) is 0.874. The van der Waals surface area contributed by atoms with Crippen molar-refractivity contribution >= 4 is 17.3 Å².